The van der Waals surface area contributed by atoms with E-state index in [-0.39, 0.29) is 0 Å². The molecule has 0 bridgehead atoms. The Morgan fingerprint density at radius 3 is 2.94 bits per heavy atom. The lowest BCUT2D eigenvalue weighted by atomic mass is 10.3. The number of para-hydroxylation sites is 1. The minimum atomic E-state index is 0.461. The molecule has 0 aliphatic heterocycles. The maximum atomic E-state index is 5.68. The van der Waals surface area contributed by atoms with Crippen molar-refractivity contribution >= 4 is 33.3 Å². The first kappa shape index (κ1) is 11.6. The van der Waals surface area contributed by atoms with E-state index in [1.807, 2.05) is 24.3 Å². The molecule has 3 aromatic rings. The Morgan fingerprint density at radius 2 is 2.11 bits per heavy atom. The van der Waals surface area contributed by atoms with Gasteiger partial charge in [-0.15, -0.1) is 16.4 Å². The SMILES string of the molecule is NCc1ccnnc1Sc1nc2ccccc2s1. The van der Waals surface area contributed by atoms with Gasteiger partial charge in [0, 0.05) is 18.3 Å². The third-order valence-electron chi connectivity index (χ3n) is 2.44. The van der Waals surface area contributed by atoms with Crippen LogP contribution in [-0.2, 0) is 6.54 Å². The first-order valence-electron chi connectivity index (χ1n) is 5.41. The van der Waals surface area contributed by atoms with Crippen LogP contribution in [-0.4, -0.2) is 15.2 Å². The maximum absolute atomic E-state index is 5.68. The van der Waals surface area contributed by atoms with Crippen molar-refractivity contribution in [3.05, 3.63) is 42.1 Å². The van der Waals surface area contributed by atoms with E-state index in [2.05, 4.69) is 21.2 Å². The summed E-state index contributed by atoms with van der Waals surface area (Å²) in [6.45, 7) is 0.461. The van der Waals surface area contributed by atoms with Gasteiger partial charge >= 0.3 is 0 Å². The van der Waals surface area contributed by atoms with E-state index in [0.29, 0.717) is 6.54 Å². The second-order valence-electron chi connectivity index (χ2n) is 3.62. The van der Waals surface area contributed by atoms with E-state index in [4.69, 9.17) is 5.73 Å². The average molecular weight is 274 g/mol. The molecule has 6 heteroatoms. The Labute approximate surface area is 112 Å². The van der Waals surface area contributed by atoms with E-state index in [1.165, 1.54) is 16.5 Å². The van der Waals surface area contributed by atoms with Gasteiger partial charge in [0.25, 0.3) is 0 Å². The molecule has 2 aromatic heterocycles. The summed E-state index contributed by atoms with van der Waals surface area (Å²) >= 11 is 3.17. The molecule has 0 aliphatic rings. The Kier molecular flexibility index (Phi) is 3.22. The fourth-order valence-electron chi connectivity index (χ4n) is 1.56. The first-order chi connectivity index (χ1) is 8.86. The molecule has 0 spiro atoms. The van der Waals surface area contributed by atoms with Crippen molar-refractivity contribution in [1.82, 2.24) is 15.2 Å². The number of aromatic nitrogens is 3. The van der Waals surface area contributed by atoms with Crippen molar-refractivity contribution in [3.8, 4) is 0 Å². The van der Waals surface area contributed by atoms with Crippen molar-refractivity contribution in [2.45, 2.75) is 15.9 Å². The highest BCUT2D eigenvalue weighted by molar-refractivity contribution is 8.01. The van der Waals surface area contributed by atoms with Gasteiger partial charge in [-0.25, -0.2) is 4.98 Å². The van der Waals surface area contributed by atoms with Crippen LogP contribution in [0.3, 0.4) is 0 Å². The molecule has 0 radical (unpaired) electrons. The molecule has 3 rings (SSSR count). The topological polar surface area (TPSA) is 64.7 Å². The number of fused-ring (bicyclic) bond motifs is 1. The minimum absolute atomic E-state index is 0.461. The highest BCUT2D eigenvalue weighted by Gasteiger charge is 2.09. The standard InChI is InChI=1S/C12H10N4S2/c13-7-8-5-6-14-16-11(8)18-12-15-9-3-1-2-4-10(9)17-12/h1-6H,7,13H2. The molecule has 18 heavy (non-hydrogen) atoms. The molecule has 0 unspecified atom stereocenters. The fourth-order valence-corrected chi connectivity index (χ4v) is 3.61. The van der Waals surface area contributed by atoms with Gasteiger partial charge in [0.2, 0.25) is 0 Å². The van der Waals surface area contributed by atoms with Crippen molar-refractivity contribution in [2.75, 3.05) is 0 Å². The molecule has 0 fully saturated rings. The summed E-state index contributed by atoms with van der Waals surface area (Å²) in [5.74, 6) is 0. The summed E-state index contributed by atoms with van der Waals surface area (Å²) < 4.78 is 2.14. The molecule has 0 saturated carbocycles. The van der Waals surface area contributed by atoms with Crippen molar-refractivity contribution in [3.63, 3.8) is 0 Å². The second kappa shape index (κ2) is 5.01. The zero-order valence-corrected chi connectivity index (χ0v) is 11.0. The van der Waals surface area contributed by atoms with Crippen LogP contribution in [0.4, 0.5) is 0 Å². The summed E-state index contributed by atoms with van der Waals surface area (Å²) in [6.07, 6.45) is 1.66. The normalized spacial score (nSPS) is 10.9. The number of hydrogen-bond acceptors (Lipinski definition) is 6. The molecule has 0 atom stereocenters. The molecule has 1 aromatic carbocycles. The van der Waals surface area contributed by atoms with Gasteiger partial charge in [-0.3, -0.25) is 0 Å². The van der Waals surface area contributed by atoms with E-state index in [0.717, 1.165) is 20.4 Å². The quantitative estimate of drug-likeness (QED) is 0.795. The number of hydrogen-bond donors (Lipinski definition) is 1. The van der Waals surface area contributed by atoms with Gasteiger partial charge in [-0.2, -0.15) is 5.10 Å². The molecule has 0 aliphatic carbocycles. The van der Waals surface area contributed by atoms with Crippen LogP contribution in [0.5, 0.6) is 0 Å². The number of rotatable bonds is 3. The molecule has 90 valence electrons. The zero-order valence-electron chi connectivity index (χ0n) is 9.41. The molecular weight excluding hydrogens is 264 g/mol. The van der Waals surface area contributed by atoms with Crippen molar-refractivity contribution in [1.29, 1.82) is 0 Å². The monoisotopic (exact) mass is 274 g/mol. The number of benzene rings is 1. The summed E-state index contributed by atoms with van der Waals surface area (Å²) in [6, 6.07) is 9.98. The second-order valence-corrected chi connectivity index (χ2v) is 5.88. The highest BCUT2D eigenvalue weighted by atomic mass is 32.2. The highest BCUT2D eigenvalue weighted by Crippen LogP contribution is 2.34. The van der Waals surface area contributed by atoms with Crippen LogP contribution in [0.2, 0.25) is 0 Å². The Bertz CT molecular complexity index is 647. The van der Waals surface area contributed by atoms with E-state index < -0.39 is 0 Å². The van der Waals surface area contributed by atoms with E-state index >= 15 is 0 Å². The van der Waals surface area contributed by atoms with Crippen LogP contribution >= 0.6 is 23.1 Å². The lowest BCUT2D eigenvalue weighted by Gasteiger charge is -2.01. The van der Waals surface area contributed by atoms with Gasteiger partial charge in [0.1, 0.15) is 5.03 Å². The van der Waals surface area contributed by atoms with Crippen molar-refractivity contribution < 1.29 is 0 Å². The predicted octanol–water partition coefficient (Wildman–Crippen LogP) is 2.70. The lowest BCUT2D eigenvalue weighted by Crippen LogP contribution is -2.00. The summed E-state index contributed by atoms with van der Waals surface area (Å²) in [5, 5.41) is 8.84. The van der Waals surface area contributed by atoms with E-state index in [9.17, 15) is 0 Å². The van der Waals surface area contributed by atoms with Gasteiger partial charge in [-0.05, 0) is 30.0 Å². The molecule has 2 N–H and O–H groups in total. The van der Waals surface area contributed by atoms with Gasteiger partial charge in [0.05, 0.1) is 10.2 Å². The van der Waals surface area contributed by atoms with Crippen LogP contribution < -0.4 is 5.73 Å². The Balaban J connectivity index is 1.96. The summed E-state index contributed by atoms with van der Waals surface area (Å²) in [5.41, 5.74) is 7.69. The van der Waals surface area contributed by atoms with Crippen LogP contribution in [0.15, 0.2) is 45.9 Å². The number of thiazole rings is 1. The largest absolute Gasteiger partial charge is 0.326 e. The third-order valence-corrected chi connectivity index (χ3v) is 4.58. The molecule has 4 nitrogen and oxygen atoms in total. The van der Waals surface area contributed by atoms with Crippen LogP contribution in [0, 0.1) is 0 Å². The first-order valence-corrected chi connectivity index (χ1v) is 7.04. The minimum Gasteiger partial charge on any atom is -0.326 e. The zero-order chi connectivity index (χ0) is 12.4. The van der Waals surface area contributed by atoms with Gasteiger partial charge < -0.3 is 5.73 Å². The summed E-state index contributed by atoms with van der Waals surface area (Å²) in [7, 11) is 0. The smallest absolute Gasteiger partial charge is 0.157 e. The maximum Gasteiger partial charge on any atom is 0.157 e. The molecule has 0 amide bonds. The van der Waals surface area contributed by atoms with E-state index in [1.54, 1.807) is 17.5 Å². The lowest BCUT2D eigenvalue weighted by molar-refractivity contribution is 0.866. The molecular formula is C12H10N4S2. The molecule has 0 saturated heterocycles. The molecule has 2 heterocycles. The van der Waals surface area contributed by atoms with Crippen molar-refractivity contribution in [2.24, 2.45) is 5.73 Å². The van der Waals surface area contributed by atoms with Crippen LogP contribution in [0.25, 0.3) is 10.2 Å². The predicted molar refractivity (Wildman–Crippen MR) is 73.7 cm³/mol. The third kappa shape index (κ3) is 2.22. The Hall–Kier alpha value is -1.50. The average Bonchev–Trinajstić information content (AvgIpc) is 2.81. The van der Waals surface area contributed by atoms with Gasteiger partial charge in [-0.1, -0.05) is 12.1 Å². The fraction of sp³-hybridized carbons (Fsp3) is 0.0833. The summed E-state index contributed by atoms with van der Waals surface area (Å²) in [4.78, 5) is 4.56. The number of nitrogens with zero attached hydrogens (tertiary/aromatic N) is 3. The number of nitrogens with two attached hydrogens (primary N) is 1. The Morgan fingerprint density at radius 1 is 1.22 bits per heavy atom. The van der Waals surface area contributed by atoms with Crippen LogP contribution in [0.1, 0.15) is 5.56 Å². The van der Waals surface area contributed by atoms with Gasteiger partial charge in [0.15, 0.2) is 4.34 Å².